The molecule has 0 saturated carbocycles. The van der Waals surface area contributed by atoms with Crippen LogP contribution in [0.2, 0.25) is 0 Å². The summed E-state index contributed by atoms with van der Waals surface area (Å²) >= 11 is 0. The van der Waals surface area contributed by atoms with Crippen molar-refractivity contribution >= 4 is 11.5 Å². The molecule has 0 aliphatic rings. The molecule has 0 fully saturated rings. The highest BCUT2D eigenvalue weighted by Crippen LogP contribution is 2.20. The molecular weight excluding hydrogens is 208 g/mol. The summed E-state index contributed by atoms with van der Waals surface area (Å²) in [6.07, 6.45) is 1.31. The van der Waals surface area contributed by atoms with E-state index >= 15 is 0 Å². The van der Waals surface area contributed by atoms with Crippen molar-refractivity contribution in [1.29, 1.82) is 0 Å². The number of hydrogen-bond donors (Lipinski definition) is 1. The lowest BCUT2D eigenvalue weighted by Crippen LogP contribution is -2.06. The van der Waals surface area contributed by atoms with Gasteiger partial charge in [-0.25, -0.2) is 4.79 Å². The average Bonchev–Trinajstić information content (AvgIpc) is 2.35. The van der Waals surface area contributed by atoms with E-state index in [1.54, 1.807) is 24.3 Å². The van der Waals surface area contributed by atoms with Crippen LogP contribution in [-0.4, -0.2) is 25.3 Å². The Hall–Kier alpha value is -1.81. The van der Waals surface area contributed by atoms with Crippen LogP contribution in [0.3, 0.4) is 0 Å². The third kappa shape index (κ3) is 2.61. The predicted octanol–water partition coefficient (Wildman–Crippen LogP) is 1.34. The van der Waals surface area contributed by atoms with Crippen LogP contribution in [0.4, 0.5) is 0 Å². The van der Waals surface area contributed by atoms with Crippen LogP contribution in [0.1, 0.15) is 11.1 Å². The van der Waals surface area contributed by atoms with Gasteiger partial charge in [0.2, 0.25) is 0 Å². The molecule has 0 unspecified atom stereocenters. The molecule has 4 nitrogen and oxygen atoms in total. The minimum atomic E-state index is -0.497. The first-order chi connectivity index (χ1) is 7.74. The van der Waals surface area contributed by atoms with E-state index in [-0.39, 0.29) is 12.2 Å². The molecule has 1 aromatic rings. The van der Waals surface area contributed by atoms with E-state index in [1.807, 2.05) is 0 Å². The fourth-order valence-corrected chi connectivity index (χ4v) is 1.37. The van der Waals surface area contributed by atoms with E-state index < -0.39 is 5.97 Å². The van der Waals surface area contributed by atoms with Gasteiger partial charge in [0.25, 0.3) is 0 Å². The summed E-state index contributed by atoms with van der Waals surface area (Å²) in [7, 11) is 2.75. The summed E-state index contributed by atoms with van der Waals surface area (Å²) < 4.78 is 9.49. The highest BCUT2D eigenvalue weighted by atomic mass is 16.5. The molecule has 0 bridgehead atoms. The molecule has 0 saturated heterocycles. The second kappa shape index (κ2) is 5.92. The molecule has 0 radical (unpaired) electrons. The van der Waals surface area contributed by atoms with Gasteiger partial charge in [-0.05, 0) is 11.1 Å². The average molecular weight is 222 g/mol. The van der Waals surface area contributed by atoms with Crippen molar-refractivity contribution < 1.29 is 19.4 Å². The Morgan fingerprint density at radius 3 is 2.62 bits per heavy atom. The first-order valence-electron chi connectivity index (χ1n) is 4.75. The summed E-state index contributed by atoms with van der Waals surface area (Å²) in [5.74, 6) is -0.497. The zero-order valence-corrected chi connectivity index (χ0v) is 9.27. The van der Waals surface area contributed by atoms with Gasteiger partial charge in [0.05, 0.1) is 27.1 Å². The van der Waals surface area contributed by atoms with E-state index in [0.717, 1.165) is 0 Å². The largest absolute Gasteiger partial charge is 0.503 e. The maximum absolute atomic E-state index is 11.5. The molecular formula is C12H14O4. The van der Waals surface area contributed by atoms with Crippen LogP contribution in [0, 0.1) is 0 Å². The molecule has 1 N–H and O–H groups in total. The Labute approximate surface area is 94.1 Å². The van der Waals surface area contributed by atoms with Gasteiger partial charge >= 0.3 is 5.97 Å². The van der Waals surface area contributed by atoms with Crippen molar-refractivity contribution in [3.05, 3.63) is 41.7 Å². The molecule has 0 atom stereocenters. The van der Waals surface area contributed by atoms with E-state index in [2.05, 4.69) is 4.74 Å². The quantitative estimate of drug-likeness (QED) is 0.474. The molecule has 0 heterocycles. The molecule has 0 aromatic heterocycles. The Balaban J connectivity index is 3.21. The molecule has 1 aromatic carbocycles. The molecule has 0 spiro atoms. The van der Waals surface area contributed by atoms with Crippen molar-refractivity contribution in [2.24, 2.45) is 0 Å². The zero-order chi connectivity index (χ0) is 12.0. The van der Waals surface area contributed by atoms with Crippen molar-refractivity contribution in [2.45, 2.75) is 6.61 Å². The normalized spacial score (nSPS) is 11.1. The van der Waals surface area contributed by atoms with Gasteiger partial charge in [-0.2, -0.15) is 0 Å². The van der Waals surface area contributed by atoms with Crippen LogP contribution in [0.25, 0.3) is 5.57 Å². The van der Waals surface area contributed by atoms with Crippen LogP contribution in [-0.2, 0) is 20.9 Å². The minimum Gasteiger partial charge on any atom is -0.503 e. The summed E-state index contributed by atoms with van der Waals surface area (Å²) in [4.78, 5) is 11.5. The summed E-state index contributed by atoms with van der Waals surface area (Å²) in [6, 6.07) is 7.03. The monoisotopic (exact) mass is 222 g/mol. The number of ether oxygens (including phenoxy) is 2. The van der Waals surface area contributed by atoms with Gasteiger partial charge < -0.3 is 14.6 Å². The maximum atomic E-state index is 11.5. The van der Waals surface area contributed by atoms with E-state index in [4.69, 9.17) is 9.84 Å². The number of methoxy groups -OCH3 is 2. The van der Waals surface area contributed by atoms with Gasteiger partial charge in [0, 0.05) is 0 Å². The number of carbonyl (C=O) groups is 1. The van der Waals surface area contributed by atoms with Gasteiger partial charge in [-0.3, -0.25) is 0 Å². The van der Waals surface area contributed by atoms with Gasteiger partial charge in [0.1, 0.15) is 5.57 Å². The topological polar surface area (TPSA) is 55.8 Å². The number of aliphatic hydroxyl groups excluding tert-OH is 1. The highest BCUT2D eigenvalue weighted by molar-refractivity contribution is 6.16. The van der Waals surface area contributed by atoms with Crippen LogP contribution >= 0.6 is 0 Å². The maximum Gasteiger partial charge on any atom is 0.341 e. The Morgan fingerprint density at radius 2 is 2.06 bits per heavy atom. The van der Waals surface area contributed by atoms with Crippen molar-refractivity contribution in [3.63, 3.8) is 0 Å². The predicted molar refractivity (Wildman–Crippen MR) is 59.4 cm³/mol. The number of hydrogen-bond acceptors (Lipinski definition) is 4. The molecule has 0 aliphatic heterocycles. The lowest BCUT2D eigenvalue weighted by molar-refractivity contribution is -0.133. The minimum absolute atomic E-state index is 0.145. The summed E-state index contributed by atoms with van der Waals surface area (Å²) in [6.45, 7) is -0.145. The number of rotatable bonds is 4. The first-order valence-corrected chi connectivity index (χ1v) is 4.75. The van der Waals surface area contributed by atoms with E-state index in [1.165, 1.54) is 20.5 Å². The second-order valence-corrected chi connectivity index (χ2v) is 3.07. The number of aliphatic hydroxyl groups is 1. The molecule has 0 aliphatic carbocycles. The van der Waals surface area contributed by atoms with Gasteiger partial charge in [-0.15, -0.1) is 0 Å². The van der Waals surface area contributed by atoms with Crippen LogP contribution in [0.5, 0.6) is 0 Å². The fraction of sp³-hybridized carbons (Fsp3) is 0.250. The Morgan fingerprint density at radius 1 is 1.38 bits per heavy atom. The Bertz CT molecular complexity index is 396. The van der Waals surface area contributed by atoms with Crippen molar-refractivity contribution in [1.82, 2.24) is 0 Å². The highest BCUT2D eigenvalue weighted by Gasteiger charge is 2.15. The summed E-state index contributed by atoms with van der Waals surface area (Å²) in [5, 5.41) is 9.17. The fourth-order valence-electron chi connectivity index (χ4n) is 1.37. The molecule has 16 heavy (non-hydrogen) atoms. The van der Waals surface area contributed by atoms with Crippen molar-refractivity contribution in [2.75, 3.05) is 14.2 Å². The molecule has 1 rings (SSSR count). The van der Waals surface area contributed by atoms with Crippen molar-refractivity contribution in [3.8, 4) is 0 Å². The van der Waals surface area contributed by atoms with E-state index in [9.17, 15) is 4.79 Å². The van der Waals surface area contributed by atoms with E-state index in [0.29, 0.717) is 11.1 Å². The molecule has 86 valence electrons. The lowest BCUT2D eigenvalue weighted by Gasteiger charge is -2.09. The molecule has 4 heteroatoms. The standard InChI is InChI=1S/C12H14O4/c1-15-8-11(12(14)16-2)10-6-4-3-5-9(10)7-13/h3-6,8,13H,7H2,1-2H3/b11-8-. The lowest BCUT2D eigenvalue weighted by atomic mass is 10.0. The summed E-state index contributed by atoms with van der Waals surface area (Å²) in [5.41, 5.74) is 1.55. The SMILES string of the molecule is CO/C=C(\C(=O)OC)c1ccccc1CO. The van der Waals surface area contributed by atoms with Crippen LogP contribution in [0.15, 0.2) is 30.5 Å². The van der Waals surface area contributed by atoms with Gasteiger partial charge in [-0.1, -0.05) is 24.3 Å². The number of carbonyl (C=O) groups excluding carboxylic acids is 1. The number of esters is 1. The Kier molecular flexibility index (Phi) is 4.54. The number of benzene rings is 1. The second-order valence-electron chi connectivity index (χ2n) is 3.07. The zero-order valence-electron chi connectivity index (χ0n) is 9.27. The smallest absolute Gasteiger partial charge is 0.341 e. The van der Waals surface area contributed by atoms with Gasteiger partial charge in [0.15, 0.2) is 0 Å². The first kappa shape index (κ1) is 12.3. The van der Waals surface area contributed by atoms with Crippen LogP contribution < -0.4 is 0 Å². The third-order valence-electron chi connectivity index (χ3n) is 2.12. The molecule has 0 amide bonds. The third-order valence-corrected chi connectivity index (χ3v) is 2.12.